The zero-order chi connectivity index (χ0) is 23.2. The molecule has 0 radical (unpaired) electrons. The van der Waals surface area contributed by atoms with Crippen molar-refractivity contribution >= 4 is 29.2 Å². The molecular weight excluding hydrogens is 420 g/mol. The van der Waals surface area contributed by atoms with Gasteiger partial charge >= 0.3 is 0 Å². The van der Waals surface area contributed by atoms with Crippen LogP contribution in [0.4, 0.5) is 11.5 Å². The molecule has 1 saturated carbocycles. The Kier molecular flexibility index (Phi) is 7.16. The van der Waals surface area contributed by atoms with Gasteiger partial charge in [0.2, 0.25) is 11.8 Å². The molecule has 1 aromatic carbocycles. The molecule has 1 aliphatic carbocycles. The van der Waals surface area contributed by atoms with Crippen LogP contribution in [0, 0.1) is 18.8 Å². The second-order valence-electron chi connectivity index (χ2n) is 8.71. The van der Waals surface area contributed by atoms with Crippen molar-refractivity contribution in [3.63, 3.8) is 0 Å². The first kappa shape index (κ1) is 22.7. The van der Waals surface area contributed by atoms with Crippen molar-refractivity contribution in [2.24, 2.45) is 11.8 Å². The summed E-state index contributed by atoms with van der Waals surface area (Å²) in [5.41, 5.74) is 2.06. The first-order valence-corrected chi connectivity index (χ1v) is 11.5. The van der Waals surface area contributed by atoms with Gasteiger partial charge in [-0.2, -0.15) is 5.10 Å². The molecule has 1 aliphatic heterocycles. The molecule has 2 heterocycles. The van der Waals surface area contributed by atoms with E-state index in [9.17, 15) is 14.4 Å². The van der Waals surface area contributed by atoms with Crippen LogP contribution < -0.4 is 20.9 Å². The van der Waals surface area contributed by atoms with E-state index >= 15 is 0 Å². The minimum atomic E-state index is -0.217. The summed E-state index contributed by atoms with van der Waals surface area (Å²) >= 11 is 0. The molecule has 9 nitrogen and oxygen atoms in total. The zero-order valence-electron chi connectivity index (χ0n) is 18.8. The number of aryl methyl sites for hydroxylation is 1. The van der Waals surface area contributed by atoms with Crippen molar-refractivity contribution in [1.82, 2.24) is 20.8 Å². The number of nitrogens with zero attached hydrogens (tertiary/aromatic N) is 3. The number of aromatic nitrogens is 2. The highest BCUT2D eigenvalue weighted by atomic mass is 16.2. The molecule has 2 aliphatic rings. The highest BCUT2D eigenvalue weighted by Gasteiger charge is 2.29. The standard InChI is InChI=1S/C24H30N6O3/c1-16-4-11-21(29-28-16)30-14-2-3-19(15-30)23(32)26-13-12-25-22(31)17-7-9-20(10-8-17)27-24(33)18-5-6-18/h4,7-11,18-19H,2-3,5-6,12-15H2,1H3,(H,25,31)(H,26,32)(H,27,33). The minimum absolute atomic E-state index is 0.00947. The Bertz CT molecular complexity index is 988. The molecule has 174 valence electrons. The van der Waals surface area contributed by atoms with E-state index in [2.05, 4.69) is 31.0 Å². The van der Waals surface area contributed by atoms with Gasteiger partial charge in [0, 0.05) is 43.3 Å². The molecule has 2 fully saturated rings. The Morgan fingerprint density at radius 3 is 2.36 bits per heavy atom. The molecule has 1 saturated heterocycles. The van der Waals surface area contributed by atoms with E-state index in [0.717, 1.165) is 43.7 Å². The summed E-state index contributed by atoms with van der Waals surface area (Å²) in [6.07, 6.45) is 3.64. The van der Waals surface area contributed by atoms with E-state index in [1.54, 1.807) is 24.3 Å². The van der Waals surface area contributed by atoms with Crippen molar-refractivity contribution in [2.75, 3.05) is 36.4 Å². The predicted octanol–water partition coefficient (Wildman–Crippen LogP) is 1.90. The Labute approximate surface area is 193 Å². The number of carbonyl (C=O) groups is 3. The molecular formula is C24H30N6O3. The number of hydrogen-bond acceptors (Lipinski definition) is 6. The molecule has 1 unspecified atom stereocenters. The lowest BCUT2D eigenvalue weighted by atomic mass is 9.97. The molecule has 1 atom stereocenters. The lowest BCUT2D eigenvalue weighted by molar-refractivity contribution is -0.125. The first-order valence-electron chi connectivity index (χ1n) is 11.5. The van der Waals surface area contributed by atoms with Gasteiger partial charge in [-0.25, -0.2) is 0 Å². The van der Waals surface area contributed by atoms with E-state index in [-0.39, 0.29) is 29.6 Å². The van der Waals surface area contributed by atoms with Crippen molar-refractivity contribution in [3.05, 3.63) is 47.7 Å². The molecule has 2 aromatic rings. The van der Waals surface area contributed by atoms with Crippen LogP contribution >= 0.6 is 0 Å². The van der Waals surface area contributed by atoms with Crippen molar-refractivity contribution < 1.29 is 14.4 Å². The third-order valence-electron chi connectivity index (χ3n) is 5.97. The summed E-state index contributed by atoms with van der Waals surface area (Å²) in [6.45, 7) is 4.07. The lowest BCUT2D eigenvalue weighted by Crippen LogP contribution is -2.45. The van der Waals surface area contributed by atoms with Gasteiger partial charge in [0.25, 0.3) is 5.91 Å². The molecule has 1 aromatic heterocycles. The third kappa shape index (κ3) is 6.27. The number of anilines is 2. The van der Waals surface area contributed by atoms with E-state index in [1.165, 1.54) is 0 Å². The smallest absolute Gasteiger partial charge is 0.251 e. The summed E-state index contributed by atoms with van der Waals surface area (Å²) in [7, 11) is 0. The Hall–Kier alpha value is -3.49. The fourth-order valence-corrected chi connectivity index (χ4v) is 3.86. The SMILES string of the molecule is Cc1ccc(N2CCCC(C(=O)NCCNC(=O)c3ccc(NC(=O)C4CC4)cc3)C2)nn1. The van der Waals surface area contributed by atoms with Crippen LogP contribution in [0.15, 0.2) is 36.4 Å². The maximum Gasteiger partial charge on any atom is 0.251 e. The van der Waals surface area contributed by atoms with Gasteiger partial charge in [0.15, 0.2) is 5.82 Å². The van der Waals surface area contributed by atoms with Gasteiger partial charge in [-0.1, -0.05) is 0 Å². The summed E-state index contributed by atoms with van der Waals surface area (Å²) < 4.78 is 0. The Morgan fingerprint density at radius 1 is 0.909 bits per heavy atom. The van der Waals surface area contributed by atoms with Crippen LogP contribution in [0.1, 0.15) is 41.7 Å². The monoisotopic (exact) mass is 450 g/mol. The van der Waals surface area contributed by atoms with Crippen molar-refractivity contribution in [2.45, 2.75) is 32.6 Å². The van der Waals surface area contributed by atoms with Gasteiger partial charge < -0.3 is 20.9 Å². The van der Waals surface area contributed by atoms with Crippen LogP contribution in [0.5, 0.6) is 0 Å². The van der Waals surface area contributed by atoms with Gasteiger partial charge in [0.05, 0.1) is 11.6 Å². The topological polar surface area (TPSA) is 116 Å². The lowest BCUT2D eigenvalue weighted by Gasteiger charge is -2.32. The fraction of sp³-hybridized carbons (Fsp3) is 0.458. The van der Waals surface area contributed by atoms with E-state index in [0.29, 0.717) is 30.9 Å². The second-order valence-corrected chi connectivity index (χ2v) is 8.71. The fourth-order valence-electron chi connectivity index (χ4n) is 3.86. The molecule has 0 spiro atoms. The van der Waals surface area contributed by atoms with Crippen LogP contribution in [0.2, 0.25) is 0 Å². The second kappa shape index (κ2) is 10.4. The zero-order valence-corrected chi connectivity index (χ0v) is 18.8. The van der Waals surface area contributed by atoms with Crippen molar-refractivity contribution in [1.29, 1.82) is 0 Å². The third-order valence-corrected chi connectivity index (χ3v) is 5.97. The summed E-state index contributed by atoms with van der Waals surface area (Å²) in [5, 5.41) is 16.9. The number of hydrogen-bond donors (Lipinski definition) is 3. The molecule has 4 rings (SSSR count). The normalized spacial score (nSPS) is 17.8. The van der Waals surface area contributed by atoms with Crippen LogP contribution in [0.3, 0.4) is 0 Å². The highest BCUT2D eigenvalue weighted by Crippen LogP contribution is 2.30. The average molecular weight is 451 g/mol. The molecule has 0 bridgehead atoms. The van der Waals surface area contributed by atoms with E-state index < -0.39 is 0 Å². The van der Waals surface area contributed by atoms with Crippen LogP contribution in [0.25, 0.3) is 0 Å². The van der Waals surface area contributed by atoms with Gasteiger partial charge in [-0.3, -0.25) is 14.4 Å². The Balaban J connectivity index is 1.17. The average Bonchev–Trinajstić information content (AvgIpc) is 3.68. The van der Waals surface area contributed by atoms with Gasteiger partial charge in [0.1, 0.15) is 0 Å². The van der Waals surface area contributed by atoms with E-state index in [1.807, 2.05) is 19.1 Å². The summed E-state index contributed by atoms with van der Waals surface area (Å²) in [5.74, 6) is 0.627. The molecule has 3 amide bonds. The minimum Gasteiger partial charge on any atom is -0.354 e. The number of nitrogens with one attached hydrogen (secondary N) is 3. The van der Waals surface area contributed by atoms with Gasteiger partial charge in [-0.05, 0) is 69.0 Å². The maximum absolute atomic E-state index is 12.6. The predicted molar refractivity (Wildman–Crippen MR) is 125 cm³/mol. The molecule has 33 heavy (non-hydrogen) atoms. The molecule has 3 N–H and O–H groups in total. The summed E-state index contributed by atoms with van der Waals surface area (Å²) in [4.78, 5) is 38.8. The first-order chi connectivity index (χ1) is 16.0. The van der Waals surface area contributed by atoms with Crippen molar-refractivity contribution in [3.8, 4) is 0 Å². The quantitative estimate of drug-likeness (QED) is 0.529. The number of benzene rings is 1. The Morgan fingerprint density at radius 2 is 1.67 bits per heavy atom. The van der Waals surface area contributed by atoms with Crippen LogP contribution in [-0.2, 0) is 9.59 Å². The maximum atomic E-state index is 12.6. The molecule has 9 heteroatoms. The number of amides is 3. The highest BCUT2D eigenvalue weighted by molar-refractivity contribution is 5.96. The largest absolute Gasteiger partial charge is 0.354 e. The van der Waals surface area contributed by atoms with E-state index in [4.69, 9.17) is 0 Å². The number of rotatable bonds is 8. The summed E-state index contributed by atoms with van der Waals surface area (Å²) in [6, 6.07) is 10.7. The number of piperidine rings is 1. The van der Waals surface area contributed by atoms with Gasteiger partial charge in [-0.15, -0.1) is 5.10 Å². The van der Waals surface area contributed by atoms with Crippen LogP contribution in [-0.4, -0.2) is 54.1 Å². The number of carbonyl (C=O) groups excluding carboxylic acids is 3.